The number of rotatable bonds is 7. The summed E-state index contributed by atoms with van der Waals surface area (Å²) in [6, 6.07) is 4.52. The Morgan fingerprint density at radius 3 is 2.60 bits per heavy atom. The molecule has 6 heteroatoms. The predicted molar refractivity (Wildman–Crippen MR) is 68.8 cm³/mol. The Bertz CT molecular complexity index is 514. The van der Waals surface area contributed by atoms with E-state index in [1.165, 1.54) is 6.07 Å². The molecule has 0 aliphatic heterocycles. The summed E-state index contributed by atoms with van der Waals surface area (Å²) < 4.78 is 26.2. The van der Waals surface area contributed by atoms with Gasteiger partial charge in [0.25, 0.3) is 0 Å². The van der Waals surface area contributed by atoms with Crippen LogP contribution in [0.25, 0.3) is 0 Å². The molecule has 20 heavy (non-hydrogen) atoms. The fourth-order valence-corrected chi connectivity index (χ4v) is 1.95. The first-order valence-electron chi connectivity index (χ1n) is 6.30. The molecule has 4 nitrogen and oxygen atoms in total. The van der Waals surface area contributed by atoms with E-state index in [1.807, 2.05) is 13.0 Å². The van der Waals surface area contributed by atoms with Crippen molar-refractivity contribution in [3.05, 3.63) is 35.4 Å². The molecule has 108 valence electrons. The number of carboxylic acid groups (broad SMARTS) is 1. The van der Waals surface area contributed by atoms with E-state index in [4.69, 9.17) is 5.11 Å². The maximum Gasteiger partial charge on any atom is 0.304 e. The highest BCUT2D eigenvalue weighted by atomic mass is 19.2. The Balaban J connectivity index is 2.96. The van der Waals surface area contributed by atoms with Crippen LogP contribution in [0.15, 0.2) is 18.2 Å². The maximum absolute atomic E-state index is 13.2. The van der Waals surface area contributed by atoms with Crippen molar-refractivity contribution in [1.82, 2.24) is 4.90 Å². The number of benzene rings is 1. The van der Waals surface area contributed by atoms with Crippen molar-refractivity contribution in [3.8, 4) is 6.07 Å². The van der Waals surface area contributed by atoms with Gasteiger partial charge in [0.05, 0.1) is 12.5 Å². The SMILES string of the molecule is CCCN(CCC(=O)O)C(C#N)c1ccc(F)c(F)c1. The van der Waals surface area contributed by atoms with Crippen LogP contribution in [0.4, 0.5) is 8.78 Å². The van der Waals surface area contributed by atoms with Crippen LogP contribution in [-0.4, -0.2) is 29.1 Å². The maximum atomic E-state index is 13.2. The second-order valence-corrected chi connectivity index (χ2v) is 4.38. The first-order valence-corrected chi connectivity index (χ1v) is 6.30. The van der Waals surface area contributed by atoms with E-state index in [0.717, 1.165) is 18.6 Å². The normalized spacial score (nSPS) is 12.2. The molecule has 0 heterocycles. The van der Waals surface area contributed by atoms with Gasteiger partial charge in [0.15, 0.2) is 11.6 Å². The van der Waals surface area contributed by atoms with Gasteiger partial charge in [-0.1, -0.05) is 13.0 Å². The molecule has 1 aromatic carbocycles. The topological polar surface area (TPSA) is 64.3 Å². The zero-order chi connectivity index (χ0) is 15.1. The van der Waals surface area contributed by atoms with Crippen molar-refractivity contribution in [2.24, 2.45) is 0 Å². The number of carbonyl (C=O) groups is 1. The Labute approximate surface area is 116 Å². The number of nitrogens with zero attached hydrogens (tertiary/aromatic N) is 2. The molecule has 1 aromatic rings. The molecule has 0 aliphatic rings. The van der Waals surface area contributed by atoms with Crippen molar-refractivity contribution >= 4 is 5.97 Å². The van der Waals surface area contributed by atoms with Crippen LogP contribution in [0.5, 0.6) is 0 Å². The highest BCUT2D eigenvalue weighted by Crippen LogP contribution is 2.22. The van der Waals surface area contributed by atoms with Crippen LogP contribution in [0.1, 0.15) is 31.4 Å². The largest absolute Gasteiger partial charge is 0.481 e. The second-order valence-electron chi connectivity index (χ2n) is 4.38. The Kier molecular flexibility index (Phi) is 6.07. The summed E-state index contributed by atoms with van der Waals surface area (Å²) in [4.78, 5) is 12.3. The Morgan fingerprint density at radius 2 is 2.10 bits per heavy atom. The molecule has 0 saturated heterocycles. The van der Waals surface area contributed by atoms with E-state index >= 15 is 0 Å². The van der Waals surface area contributed by atoms with E-state index in [2.05, 4.69) is 0 Å². The molecule has 0 saturated carbocycles. The quantitative estimate of drug-likeness (QED) is 0.835. The average molecular weight is 282 g/mol. The van der Waals surface area contributed by atoms with E-state index in [1.54, 1.807) is 4.90 Å². The van der Waals surface area contributed by atoms with Gasteiger partial charge in [-0.05, 0) is 30.7 Å². The summed E-state index contributed by atoms with van der Waals surface area (Å²) in [5, 5.41) is 18.0. The van der Waals surface area contributed by atoms with Crippen molar-refractivity contribution in [2.75, 3.05) is 13.1 Å². The molecule has 0 fully saturated rings. The lowest BCUT2D eigenvalue weighted by molar-refractivity contribution is -0.137. The summed E-state index contributed by atoms with van der Waals surface area (Å²) in [5.41, 5.74) is 0.324. The molecule has 1 unspecified atom stereocenters. The fourth-order valence-electron chi connectivity index (χ4n) is 1.95. The third-order valence-corrected chi connectivity index (χ3v) is 2.87. The smallest absolute Gasteiger partial charge is 0.304 e. The van der Waals surface area contributed by atoms with Gasteiger partial charge in [0.1, 0.15) is 6.04 Å². The third kappa shape index (κ3) is 4.28. The van der Waals surface area contributed by atoms with Gasteiger partial charge in [-0.15, -0.1) is 0 Å². The van der Waals surface area contributed by atoms with Crippen LogP contribution in [-0.2, 0) is 4.79 Å². The van der Waals surface area contributed by atoms with Gasteiger partial charge in [-0.3, -0.25) is 9.69 Å². The standard InChI is InChI=1S/C14H16F2N2O2/c1-2-6-18(7-5-14(19)20)13(9-17)10-3-4-11(15)12(16)8-10/h3-4,8,13H,2,5-7H2,1H3,(H,19,20). The van der Waals surface area contributed by atoms with E-state index in [0.29, 0.717) is 12.1 Å². The molecular weight excluding hydrogens is 266 g/mol. The number of halogens is 2. The van der Waals surface area contributed by atoms with Crippen LogP contribution in [0.3, 0.4) is 0 Å². The number of hydrogen-bond donors (Lipinski definition) is 1. The van der Waals surface area contributed by atoms with Crippen molar-refractivity contribution in [3.63, 3.8) is 0 Å². The fraction of sp³-hybridized carbons (Fsp3) is 0.429. The minimum atomic E-state index is -1.02. The molecule has 1 N–H and O–H groups in total. The molecule has 1 rings (SSSR count). The van der Waals surface area contributed by atoms with Crippen molar-refractivity contribution < 1.29 is 18.7 Å². The predicted octanol–water partition coefficient (Wildman–Crippen LogP) is 2.72. The molecule has 0 amide bonds. The summed E-state index contributed by atoms with van der Waals surface area (Å²) in [7, 11) is 0. The Hall–Kier alpha value is -2.00. The lowest BCUT2D eigenvalue weighted by atomic mass is 10.1. The summed E-state index contributed by atoms with van der Waals surface area (Å²) in [6.45, 7) is 2.58. The second kappa shape index (κ2) is 7.56. The monoisotopic (exact) mass is 282 g/mol. The molecule has 0 bridgehead atoms. The molecule has 0 aromatic heterocycles. The molecule has 0 aliphatic carbocycles. The van der Waals surface area contributed by atoms with Crippen molar-refractivity contribution in [2.45, 2.75) is 25.8 Å². The minimum Gasteiger partial charge on any atom is -0.481 e. The number of hydrogen-bond acceptors (Lipinski definition) is 3. The zero-order valence-corrected chi connectivity index (χ0v) is 11.1. The zero-order valence-electron chi connectivity index (χ0n) is 11.1. The Morgan fingerprint density at radius 1 is 1.40 bits per heavy atom. The summed E-state index contributed by atoms with van der Waals surface area (Å²) in [5.74, 6) is -2.96. The highest BCUT2D eigenvalue weighted by molar-refractivity contribution is 5.66. The number of nitriles is 1. The van der Waals surface area contributed by atoms with Crippen LogP contribution >= 0.6 is 0 Å². The van der Waals surface area contributed by atoms with Crippen LogP contribution < -0.4 is 0 Å². The lowest BCUT2D eigenvalue weighted by Crippen LogP contribution is -2.31. The third-order valence-electron chi connectivity index (χ3n) is 2.87. The minimum absolute atomic E-state index is 0.109. The first kappa shape index (κ1) is 16.1. The number of carboxylic acids is 1. The van der Waals surface area contributed by atoms with Crippen molar-refractivity contribution in [1.29, 1.82) is 5.26 Å². The van der Waals surface area contributed by atoms with Gasteiger partial charge in [0, 0.05) is 6.54 Å². The van der Waals surface area contributed by atoms with Crippen LogP contribution in [0.2, 0.25) is 0 Å². The van der Waals surface area contributed by atoms with Gasteiger partial charge >= 0.3 is 5.97 Å². The van der Waals surface area contributed by atoms with Gasteiger partial charge in [-0.25, -0.2) is 8.78 Å². The molecular formula is C14H16F2N2O2. The van der Waals surface area contributed by atoms with Gasteiger partial charge < -0.3 is 5.11 Å². The lowest BCUT2D eigenvalue weighted by Gasteiger charge is -2.26. The first-order chi connectivity index (χ1) is 9.49. The summed E-state index contributed by atoms with van der Waals surface area (Å²) >= 11 is 0. The highest BCUT2D eigenvalue weighted by Gasteiger charge is 2.21. The van der Waals surface area contributed by atoms with E-state index in [9.17, 15) is 18.8 Å². The van der Waals surface area contributed by atoms with Crippen LogP contribution in [0, 0.1) is 23.0 Å². The molecule has 1 atom stereocenters. The average Bonchev–Trinajstić information content (AvgIpc) is 2.40. The van der Waals surface area contributed by atoms with Gasteiger partial charge in [0.2, 0.25) is 0 Å². The van der Waals surface area contributed by atoms with E-state index in [-0.39, 0.29) is 13.0 Å². The summed E-state index contributed by atoms with van der Waals surface area (Å²) in [6.07, 6.45) is 0.614. The van der Waals surface area contributed by atoms with E-state index < -0.39 is 23.6 Å². The number of aliphatic carboxylic acids is 1. The molecule has 0 radical (unpaired) electrons. The van der Waals surface area contributed by atoms with Gasteiger partial charge in [-0.2, -0.15) is 5.26 Å². The molecule has 0 spiro atoms.